The number of carbonyl (C=O) groups is 1. The first-order valence-electron chi connectivity index (χ1n) is 5.22. The van der Waals surface area contributed by atoms with E-state index in [9.17, 15) is 18.0 Å². The van der Waals surface area contributed by atoms with E-state index in [-0.39, 0.29) is 27.7 Å². The molecule has 0 radical (unpaired) electrons. The van der Waals surface area contributed by atoms with Gasteiger partial charge in [0.15, 0.2) is 0 Å². The molecule has 1 atom stereocenters. The van der Waals surface area contributed by atoms with Gasteiger partial charge >= 0.3 is 12.1 Å². The normalized spacial score (nSPS) is 13.2. The number of rotatable bonds is 4. The van der Waals surface area contributed by atoms with Crippen LogP contribution >= 0.6 is 23.2 Å². The lowest BCUT2D eigenvalue weighted by Gasteiger charge is -2.21. The Kier molecular flexibility index (Phi) is 4.92. The van der Waals surface area contributed by atoms with Crippen molar-refractivity contribution in [2.45, 2.75) is 25.6 Å². The molecule has 3 nitrogen and oxygen atoms in total. The number of hydrogen-bond donors (Lipinski definition) is 2. The number of hydrogen-bond acceptors (Lipinski definition) is 2. The van der Waals surface area contributed by atoms with Gasteiger partial charge in [-0.15, -0.1) is 0 Å². The summed E-state index contributed by atoms with van der Waals surface area (Å²) in [6.07, 6.45) is -4.60. The Morgan fingerprint density at radius 2 is 1.84 bits per heavy atom. The van der Waals surface area contributed by atoms with Gasteiger partial charge in [0.05, 0.1) is 15.6 Å². The van der Waals surface area contributed by atoms with Gasteiger partial charge in [-0.2, -0.15) is 13.2 Å². The van der Waals surface area contributed by atoms with Crippen molar-refractivity contribution in [3.63, 3.8) is 0 Å². The molecule has 0 aliphatic heterocycles. The van der Waals surface area contributed by atoms with Crippen LogP contribution in [0.15, 0.2) is 12.1 Å². The molecule has 1 aromatic rings. The average molecular weight is 316 g/mol. The van der Waals surface area contributed by atoms with Gasteiger partial charge in [0.25, 0.3) is 0 Å². The molecule has 0 bridgehead atoms. The molecule has 0 aromatic heterocycles. The monoisotopic (exact) mass is 315 g/mol. The van der Waals surface area contributed by atoms with E-state index in [2.05, 4.69) is 5.32 Å². The van der Waals surface area contributed by atoms with E-state index in [0.717, 1.165) is 12.1 Å². The number of anilines is 1. The van der Waals surface area contributed by atoms with Gasteiger partial charge in [-0.1, -0.05) is 30.1 Å². The number of benzene rings is 1. The van der Waals surface area contributed by atoms with Gasteiger partial charge in [-0.3, -0.25) is 0 Å². The molecule has 19 heavy (non-hydrogen) atoms. The van der Waals surface area contributed by atoms with Crippen LogP contribution in [0.3, 0.4) is 0 Å². The fourth-order valence-electron chi connectivity index (χ4n) is 1.48. The molecule has 0 aliphatic carbocycles. The first-order chi connectivity index (χ1) is 8.66. The zero-order chi connectivity index (χ0) is 14.8. The summed E-state index contributed by atoms with van der Waals surface area (Å²) in [5.41, 5.74) is -0.321. The summed E-state index contributed by atoms with van der Waals surface area (Å²) in [7, 11) is 0. The largest absolute Gasteiger partial charge is 0.478 e. The molecule has 0 saturated heterocycles. The second-order valence-electron chi connectivity index (χ2n) is 3.77. The van der Waals surface area contributed by atoms with Gasteiger partial charge in [-0.05, 0) is 18.6 Å². The van der Waals surface area contributed by atoms with Crippen molar-refractivity contribution in [1.82, 2.24) is 0 Å². The zero-order valence-electron chi connectivity index (χ0n) is 9.68. The van der Waals surface area contributed by atoms with Gasteiger partial charge in [-0.25, -0.2) is 4.79 Å². The molecular formula is C11H10Cl2F3NO2. The highest BCUT2D eigenvalue weighted by Gasteiger charge is 2.38. The maximum atomic E-state index is 12.6. The molecule has 0 fully saturated rings. The predicted octanol–water partition coefficient (Wildman–Crippen LogP) is 4.44. The molecule has 106 valence electrons. The molecule has 1 rings (SSSR count). The highest BCUT2D eigenvalue weighted by Crippen LogP contribution is 2.32. The van der Waals surface area contributed by atoms with Crippen molar-refractivity contribution in [1.29, 1.82) is 0 Å². The number of alkyl halides is 3. The van der Waals surface area contributed by atoms with Crippen LogP contribution in [0.1, 0.15) is 23.7 Å². The number of nitrogens with one attached hydrogen (secondary N) is 1. The van der Waals surface area contributed by atoms with Crippen LogP contribution in [0, 0.1) is 0 Å². The lowest BCUT2D eigenvalue weighted by atomic mass is 10.1. The van der Waals surface area contributed by atoms with Gasteiger partial charge in [0, 0.05) is 5.69 Å². The molecule has 0 unspecified atom stereocenters. The summed E-state index contributed by atoms with van der Waals surface area (Å²) in [6.45, 7) is 1.37. The Morgan fingerprint density at radius 3 is 2.16 bits per heavy atom. The molecular weight excluding hydrogens is 306 g/mol. The van der Waals surface area contributed by atoms with Gasteiger partial charge in [0.2, 0.25) is 0 Å². The minimum Gasteiger partial charge on any atom is -0.478 e. The Hall–Kier alpha value is -1.14. The Labute approximate surface area is 117 Å². The summed E-state index contributed by atoms with van der Waals surface area (Å²) in [6, 6.07) is 0.451. The second-order valence-corrected chi connectivity index (χ2v) is 4.58. The van der Waals surface area contributed by atoms with Crippen molar-refractivity contribution in [3.05, 3.63) is 27.7 Å². The lowest BCUT2D eigenvalue weighted by molar-refractivity contribution is -0.142. The first-order valence-corrected chi connectivity index (χ1v) is 5.98. The summed E-state index contributed by atoms with van der Waals surface area (Å²) in [5.74, 6) is -1.34. The molecule has 2 N–H and O–H groups in total. The van der Waals surface area contributed by atoms with Crippen molar-refractivity contribution in [2.24, 2.45) is 0 Å². The molecule has 0 saturated carbocycles. The third kappa shape index (κ3) is 3.91. The van der Waals surface area contributed by atoms with Gasteiger partial charge in [0.1, 0.15) is 6.04 Å². The third-order valence-electron chi connectivity index (χ3n) is 2.40. The molecule has 8 heteroatoms. The maximum Gasteiger partial charge on any atom is 0.408 e. The quantitative estimate of drug-likeness (QED) is 0.863. The summed E-state index contributed by atoms with van der Waals surface area (Å²) >= 11 is 11.4. The minimum absolute atomic E-state index is 0.0178. The van der Waals surface area contributed by atoms with Crippen LogP contribution in [0.4, 0.5) is 18.9 Å². The van der Waals surface area contributed by atoms with Crippen molar-refractivity contribution in [3.8, 4) is 0 Å². The molecule has 0 heterocycles. The number of carboxylic acid groups (broad SMARTS) is 1. The predicted molar refractivity (Wildman–Crippen MR) is 67.2 cm³/mol. The molecule has 0 spiro atoms. The number of aromatic carboxylic acids is 1. The van der Waals surface area contributed by atoms with Crippen molar-refractivity contribution in [2.75, 3.05) is 5.32 Å². The van der Waals surface area contributed by atoms with Crippen LogP contribution in [0.25, 0.3) is 0 Å². The van der Waals surface area contributed by atoms with Crippen LogP contribution < -0.4 is 5.32 Å². The highest BCUT2D eigenvalue weighted by molar-refractivity contribution is 6.39. The topological polar surface area (TPSA) is 49.3 Å². The summed E-state index contributed by atoms with van der Waals surface area (Å²) in [4.78, 5) is 10.8. The Balaban J connectivity index is 3.08. The van der Waals surface area contributed by atoms with E-state index in [0.29, 0.717) is 0 Å². The fourth-order valence-corrected chi connectivity index (χ4v) is 2.13. The van der Waals surface area contributed by atoms with E-state index < -0.39 is 18.2 Å². The standard InChI is InChI=1S/C11H10Cl2F3NO2/c1-2-8(11(14,15)16)17-5-3-6(12)9(10(18)19)7(13)4-5/h3-4,8,17H,2H2,1H3,(H,18,19)/t8-/m1/s1. The van der Waals surface area contributed by atoms with E-state index in [4.69, 9.17) is 28.3 Å². The fraction of sp³-hybridized carbons (Fsp3) is 0.364. The van der Waals surface area contributed by atoms with Crippen LogP contribution in [-0.2, 0) is 0 Å². The van der Waals surface area contributed by atoms with E-state index in [1.165, 1.54) is 6.92 Å². The van der Waals surface area contributed by atoms with Crippen LogP contribution in [-0.4, -0.2) is 23.3 Å². The van der Waals surface area contributed by atoms with E-state index in [1.807, 2.05) is 0 Å². The highest BCUT2D eigenvalue weighted by atomic mass is 35.5. The zero-order valence-corrected chi connectivity index (χ0v) is 11.2. The Morgan fingerprint density at radius 1 is 1.37 bits per heavy atom. The summed E-state index contributed by atoms with van der Waals surface area (Å²) in [5, 5.41) is 10.6. The van der Waals surface area contributed by atoms with E-state index >= 15 is 0 Å². The van der Waals surface area contributed by atoms with E-state index in [1.54, 1.807) is 0 Å². The van der Waals surface area contributed by atoms with Crippen molar-refractivity contribution < 1.29 is 23.1 Å². The SMILES string of the molecule is CC[C@@H](Nc1cc(Cl)c(C(=O)O)c(Cl)c1)C(F)(F)F. The minimum atomic E-state index is -4.42. The molecule has 1 aromatic carbocycles. The van der Waals surface area contributed by atoms with Crippen LogP contribution in [0.5, 0.6) is 0 Å². The second kappa shape index (κ2) is 5.88. The summed E-state index contributed by atoms with van der Waals surface area (Å²) < 4.78 is 37.8. The van der Waals surface area contributed by atoms with Crippen LogP contribution in [0.2, 0.25) is 10.0 Å². The Bertz CT molecular complexity index is 468. The lowest BCUT2D eigenvalue weighted by Crippen LogP contribution is -2.35. The number of carboxylic acids is 1. The molecule has 0 aliphatic rings. The smallest absolute Gasteiger partial charge is 0.408 e. The van der Waals surface area contributed by atoms with Gasteiger partial charge < -0.3 is 10.4 Å². The molecule has 0 amide bonds. The maximum absolute atomic E-state index is 12.6. The van der Waals surface area contributed by atoms with Crippen molar-refractivity contribution >= 4 is 34.9 Å². The average Bonchev–Trinajstić information content (AvgIpc) is 2.22. The third-order valence-corrected chi connectivity index (χ3v) is 3.00. The first kappa shape index (κ1) is 15.9. The number of halogens is 5.